The Morgan fingerprint density at radius 2 is 1.95 bits per heavy atom. The Morgan fingerprint density at radius 1 is 1.05 bits per heavy atom. The van der Waals surface area contributed by atoms with Crippen molar-refractivity contribution < 1.29 is 0 Å². The number of aromatic amines is 3. The SMILES string of the molecule is S=c1[nH]c2ccccc2s1.c1cn[nH]c1.c1nc[nH]n1. The second-order valence-corrected chi connectivity index (χ2v) is 5.15. The number of nitrogens with one attached hydrogen (secondary N) is 3. The van der Waals surface area contributed by atoms with Gasteiger partial charge in [0.15, 0.2) is 3.95 Å². The van der Waals surface area contributed by atoms with Gasteiger partial charge in [0.05, 0.1) is 10.2 Å². The number of aromatic nitrogens is 6. The molecule has 3 aromatic heterocycles. The van der Waals surface area contributed by atoms with Crippen LogP contribution in [0.15, 0.2) is 55.4 Å². The summed E-state index contributed by atoms with van der Waals surface area (Å²) in [7, 11) is 0. The lowest BCUT2D eigenvalue weighted by atomic mass is 10.3. The molecule has 0 radical (unpaired) electrons. The molecule has 20 heavy (non-hydrogen) atoms. The molecule has 0 unspecified atom stereocenters. The van der Waals surface area contributed by atoms with E-state index < -0.39 is 0 Å². The van der Waals surface area contributed by atoms with Crippen LogP contribution in [-0.4, -0.2) is 30.4 Å². The highest BCUT2D eigenvalue weighted by Gasteiger charge is 1.91. The summed E-state index contributed by atoms with van der Waals surface area (Å²) in [5.74, 6) is 0. The van der Waals surface area contributed by atoms with Gasteiger partial charge in [0, 0.05) is 12.4 Å². The van der Waals surface area contributed by atoms with Gasteiger partial charge in [-0.1, -0.05) is 12.1 Å². The van der Waals surface area contributed by atoms with Gasteiger partial charge in [0.2, 0.25) is 0 Å². The minimum Gasteiger partial charge on any atom is -0.337 e. The van der Waals surface area contributed by atoms with Gasteiger partial charge in [-0.2, -0.15) is 10.2 Å². The average molecular weight is 304 g/mol. The summed E-state index contributed by atoms with van der Waals surface area (Å²) in [4.78, 5) is 6.65. The molecule has 3 heterocycles. The number of benzene rings is 1. The Labute approximate surface area is 123 Å². The second-order valence-electron chi connectivity index (χ2n) is 3.43. The fraction of sp³-hybridized carbons (Fsp3) is 0. The van der Waals surface area contributed by atoms with Crippen LogP contribution in [-0.2, 0) is 0 Å². The standard InChI is InChI=1S/C7H5NS2.C3H4N2.C2H3N3/c9-7-8-5-3-1-2-4-6(5)10-7;1-2-4-5-3-1;1-3-2-5-4-1/h1-4H,(H,8,9);1-3H,(H,4,5);1-2H,(H,3,4,5). The van der Waals surface area contributed by atoms with Crippen molar-refractivity contribution in [3.05, 3.63) is 59.3 Å². The first-order valence-electron chi connectivity index (χ1n) is 5.66. The van der Waals surface area contributed by atoms with Gasteiger partial charge in [-0.15, -0.1) is 11.3 Å². The predicted molar refractivity (Wildman–Crippen MR) is 82.0 cm³/mol. The Bertz CT molecular complexity index is 645. The van der Waals surface area contributed by atoms with Crippen LogP contribution in [0.1, 0.15) is 0 Å². The van der Waals surface area contributed by atoms with Crippen molar-refractivity contribution in [1.29, 1.82) is 0 Å². The van der Waals surface area contributed by atoms with Crippen molar-refractivity contribution in [2.24, 2.45) is 0 Å². The zero-order valence-corrected chi connectivity index (χ0v) is 12.0. The van der Waals surface area contributed by atoms with Crippen molar-refractivity contribution in [3.63, 3.8) is 0 Å². The zero-order valence-electron chi connectivity index (χ0n) is 10.4. The highest BCUT2D eigenvalue weighted by atomic mass is 32.1. The highest BCUT2D eigenvalue weighted by molar-refractivity contribution is 7.73. The molecule has 4 rings (SSSR count). The van der Waals surface area contributed by atoms with Crippen LogP contribution in [0, 0.1) is 3.95 Å². The van der Waals surface area contributed by atoms with Gasteiger partial charge in [-0.25, -0.2) is 4.98 Å². The number of nitrogens with zero attached hydrogens (tertiary/aromatic N) is 3. The molecule has 0 aliphatic rings. The number of thiazole rings is 1. The maximum absolute atomic E-state index is 4.98. The summed E-state index contributed by atoms with van der Waals surface area (Å²) < 4.78 is 2.08. The summed E-state index contributed by atoms with van der Waals surface area (Å²) in [6, 6.07) is 9.94. The normalized spacial score (nSPS) is 9.20. The number of hydrogen-bond acceptors (Lipinski definition) is 5. The van der Waals surface area contributed by atoms with Gasteiger partial charge in [0.25, 0.3) is 0 Å². The Morgan fingerprint density at radius 3 is 2.45 bits per heavy atom. The van der Waals surface area contributed by atoms with E-state index >= 15 is 0 Å². The third kappa shape index (κ3) is 4.75. The second kappa shape index (κ2) is 7.97. The van der Waals surface area contributed by atoms with Crippen LogP contribution < -0.4 is 0 Å². The largest absolute Gasteiger partial charge is 0.337 e. The molecule has 6 nitrogen and oxygen atoms in total. The first-order valence-corrected chi connectivity index (χ1v) is 6.89. The summed E-state index contributed by atoms with van der Waals surface area (Å²) in [6.07, 6.45) is 6.42. The lowest BCUT2D eigenvalue weighted by Gasteiger charge is -1.81. The molecule has 3 N–H and O–H groups in total. The minimum absolute atomic E-state index is 0.848. The van der Waals surface area contributed by atoms with E-state index in [1.54, 1.807) is 23.7 Å². The van der Waals surface area contributed by atoms with Gasteiger partial charge in [-0.05, 0) is 30.4 Å². The summed E-state index contributed by atoms with van der Waals surface area (Å²) in [5, 5.41) is 12.2. The van der Waals surface area contributed by atoms with Crippen molar-refractivity contribution in [3.8, 4) is 0 Å². The molecule has 0 atom stereocenters. The van der Waals surface area contributed by atoms with Gasteiger partial charge in [0.1, 0.15) is 12.7 Å². The van der Waals surface area contributed by atoms with Crippen LogP contribution in [0.3, 0.4) is 0 Å². The molecule has 1 aromatic carbocycles. The fourth-order valence-electron chi connectivity index (χ4n) is 1.28. The molecule has 102 valence electrons. The van der Waals surface area contributed by atoms with E-state index in [1.807, 2.05) is 24.3 Å². The smallest absolute Gasteiger partial charge is 0.159 e. The van der Waals surface area contributed by atoms with Crippen molar-refractivity contribution >= 4 is 33.8 Å². The summed E-state index contributed by atoms with van der Waals surface area (Å²) in [5.41, 5.74) is 1.14. The number of H-pyrrole nitrogens is 3. The quantitative estimate of drug-likeness (QED) is 0.435. The van der Waals surface area contributed by atoms with Crippen molar-refractivity contribution in [2.75, 3.05) is 0 Å². The molecule has 8 heteroatoms. The van der Waals surface area contributed by atoms with Crippen molar-refractivity contribution in [2.45, 2.75) is 0 Å². The molecule has 0 saturated heterocycles. The highest BCUT2D eigenvalue weighted by Crippen LogP contribution is 2.17. The van der Waals surface area contributed by atoms with E-state index in [4.69, 9.17) is 12.2 Å². The molecule has 0 aliphatic carbocycles. The number of rotatable bonds is 0. The number of fused-ring (bicyclic) bond motifs is 1. The molecule has 4 aromatic rings. The monoisotopic (exact) mass is 304 g/mol. The predicted octanol–water partition coefficient (Wildman–Crippen LogP) is 3.17. The van der Waals surface area contributed by atoms with Crippen LogP contribution in [0.25, 0.3) is 10.2 Å². The van der Waals surface area contributed by atoms with E-state index in [0.717, 1.165) is 9.47 Å². The van der Waals surface area contributed by atoms with E-state index in [2.05, 4.69) is 36.4 Å². The van der Waals surface area contributed by atoms with E-state index in [9.17, 15) is 0 Å². The molecular weight excluding hydrogens is 292 g/mol. The van der Waals surface area contributed by atoms with E-state index in [-0.39, 0.29) is 0 Å². The van der Waals surface area contributed by atoms with Gasteiger partial charge >= 0.3 is 0 Å². The Hall–Kier alpha value is -2.32. The van der Waals surface area contributed by atoms with Crippen LogP contribution in [0.2, 0.25) is 0 Å². The molecule has 0 saturated carbocycles. The minimum atomic E-state index is 0.848. The molecule has 0 aliphatic heterocycles. The van der Waals surface area contributed by atoms with E-state index in [0.29, 0.717) is 0 Å². The third-order valence-electron chi connectivity index (χ3n) is 2.06. The summed E-state index contributed by atoms with van der Waals surface area (Å²) in [6.45, 7) is 0. The lowest BCUT2D eigenvalue weighted by Crippen LogP contribution is -1.62. The lowest BCUT2D eigenvalue weighted by molar-refractivity contribution is 1.09. The van der Waals surface area contributed by atoms with Crippen LogP contribution in [0.4, 0.5) is 0 Å². The van der Waals surface area contributed by atoms with Crippen molar-refractivity contribution in [1.82, 2.24) is 30.4 Å². The number of hydrogen-bond donors (Lipinski definition) is 3. The van der Waals surface area contributed by atoms with Gasteiger partial charge < -0.3 is 4.98 Å². The molecular formula is C12H12N6S2. The van der Waals surface area contributed by atoms with Crippen LogP contribution >= 0.6 is 23.6 Å². The molecule has 0 fully saturated rings. The molecule has 0 bridgehead atoms. The molecule has 0 amide bonds. The fourth-order valence-corrected chi connectivity index (χ4v) is 2.39. The average Bonchev–Trinajstić information content (AvgIpc) is 3.23. The first-order chi connectivity index (χ1) is 9.86. The maximum atomic E-state index is 4.98. The third-order valence-corrected chi connectivity index (χ3v) is 3.28. The zero-order chi connectivity index (χ0) is 14.0. The Kier molecular flexibility index (Phi) is 5.62. The van der Waals surface area contributed by atoms with Crippen LogP contribution in [0.5, 0.6) is 0 Å². The maximum Gasteiger partial charge on any atom is 0.159 e. The summed E-state index contributed by atoms with van der Waals surface area (Å²) >= 11 is 6.59. The topological polar surface area (TPSA) is 86.0 Å². The first kappa shape index (κ1) is 14.1. The molecule has 0 spiro atoms. The Balaban J connectivity index is 0.000000124. The number of para-hydroxylation sites is 1. The van der Waals surface area contributed by atoms with E-state index in [1.165, 1.54) is 17.4 Å². The van der Waals surface area contributed by atoms with Gasteiger partial charge in [-0.3, -0.25) is 10.2 Å².